The number of hydrogen-bond donors (Lipinski definition) is 1. The van der Waals surface area contributed by atoms with Crippen molar-refractivity contribution in [2.24, 2.45) is 0 Å². The zero-order chi connectivity index (χ0) is 14.7. The van der Waals surface area contributed by atoms with Gasteiger partial charge in [0.15, 0.2) is 5.82 Å². The van der Waals surface area contributed by atoms with Gasteiger partial charge in [-0.2, -0.15) is 0 Å². The first-order valence-corrected chi connectivity index (χ1v) is 7.25. The van der Waals surface area contributed by atoms with Gasteiger partial charge in [0, 0.05) is 31.8 Å². The summed E-state index contributed by atoms with van der Waals surface area (Å²) in [7, 11) is 2.01. The number of benzene rings is 1. The maximum Gasteiger partial charge on any atom is 0.163 e. The maximum atomic E-state index is 5.93. The Morgan fingerprint density at radius 2 is 2.10 bits per heavy atom. The zero-order valence-electron chi connectivity index (χ0n) is 12.2. The zero-order valence-corrected chi connectivity index (χ0v) is 12.2. The molecule has 1 aliphatic heterocycles. The van der Waals surface area contributed by atoms with E-state index in [0.717, 1.165) is 37.4 Å². The van der Waals surface area contributed by atoms with Crippen LogP contribution >= 0.6 is 0 Å². The molecule has 0 spiro atoms. The van der Waals surface area contributed by atoms with Gasteiger partial charge in [-0.05, 0) is 12.8 Å². The van der Waals surface area contributed by atoms with Crippen LogP contribution in [-0.4, -0.2) is 36.3 Å². The Bertz CT molecular complexity index is 596. The third-order valence-electron chi connectivity index (χ3n) is 3.66. The molecule has 0 amide bonds. The van der Waals surface area contributed by atoms with Crippen molar-refractivity contribution in [2.75, 3.05) is 30.8 Å². The summed E-state index contributed by atoms with van der Waals surface area (Å²) in [6.07, 6.45) is 2.53. The Hall–Kier alpha value is -2.14. The van der Waals surface area contributed by atoms with Crippen molar-refractivity contribution < 1.29 is 4.74 Å². The Morgan fingerprint density at radius 1 is 1.29 bits per heavy atom. The van der Waals surface area contributed by atoms with E-state index in [-0.39, 0.29) is 6.10 Å². The number of anilines is 2. The molecule has 2 N–H and O–H groups in total. The van der Waals surface area contributed by atoms with Gasteiger partial charge in [-0.15, -0.1) is 0 Å². The first-order chi connectivity index (χ1) is 10.2. The first kappa shape index (κ1) is 13.8. The Labute approximate surface area is 124 Å². The van der Waals surface area contributed by atoms with Crippen LogP contribution in [0.25, 0.3) is 11.4 Å². The Morgan fingerprint density at radius 3 is 2.81 bits per heavy atom. The number of nitrogens with two attached hydrogens (primary N) is 1. The van der Waals surface area contributed by atoms with E-state index in [1.807, 2.05) is 37.4 Å². The summed E-state index contributed by atoms with van der Waals surface area (Å²) in [6.45, 7) is 1.68. The molecule has 0 saturated carbocycles. The summed E-state index contributed by atoms with van der Waals surface area (Å²) in [5.74, 6) is 1.97. The molecule has 2 heterocycles. The van der Waals surface area contributed by atoms with Crippen molar-refractivity contribution in [2.45, 2.75) is 18.9 Å². The van der Waals surface area contributed by atoms with Crippen LogP contribution in [0.4, 0.5) is 11.6 Å². The third-order valence-corrected chi connectivity index (χ3v) is 3.66. The van der Waals surface area contributed by atoms with Crippen molar-refractivity contribution in [3.63, 3.8) is 0 Å². The van der Waals surface area contributed by atoms with Crippen LogP contribution in [0.1, 0.15) is 12.8 Å². The second-order valence-electron chi connectivity index (χ2n) is 5.36. The van der Waals surface area contributed by atoms with Gasteiger partial charge < -0.3 is 15.4 Å². The standard InChI is InChI=1S/C16H20N4O/c1-20(11-13-8-5-9-21-13)15-10-14(17)18-16(19-15)12-6-3-2-4-7-12/h2-4,6-7,10,13H,5,8-9,11H2,1H3,(H2,17,18,19). The highest BCUT2D eigenvalue weighted by Crippen LogP contribution is 2.22. The molecule has 5 heteroatoms. The van der Waals surface area contributed by atoms with Gasteiger partial charge in [-0.1, -0.05) is 30.3 Å². The number of likely N-dealkylation sites (N-methyl/N-ethyl adjacent to an activating group) is 1. The van der Waals surface area contributed by atoms with E-state index >= 15 is 0 Å². The highest BCUT2D eigenvalue weighted by Gasteiger charge is 2.18. The molecular weight excluding hydrogens is 264 g/mol. The van der Waals surface area contributed by atoms with Crippen LogP contribution in [0.2, 0.25) is 0 Å². The number of aromatic nitrogens is 2. The number of rotatable bonds is 4. The molecule has 5 nitrogen and oxygen atoms in total. The van der Waals surface area contributed by atoms with E-state index in [1.165, 1.54) is 0 Å². The predicted molar refractivity (Wildman–Crippen MR) is 84.1 cm³/mol. The fourth-order valence-electron chi connectivity index (χ4n) is 2.55. The van der Waals surface area contributed by atoms with E-state index in [0.29, 0.717) is 11.6 Å². The average molecular weight is 284 g/mol. The topological polar surface area (TPSA) is 64.3 Å². The second-order valence-corrected chi connectivity index (χ2v) is 5.36. The lowest BCUT2D eigenvalue weighted by Crippen LogP contribution is -2.29. The molecular formula is C16H20N4O. The van der Waals surface area contributed by atoms with Gasteiger partial charge >= 0.3 is 0 Å². The van der Waals surface area contributed by atoms with E-state index in [9.17, 15) is 0 Å². The van der Waals surface area contributed by atoms with Crippen LogP contribution in [0.5, 0.6) is 0 Å². The van der Waals surface area contributed by atoms with Crippen LogP contribution in [0.3, 0.4) is 0 Å². The van der Waals surface area contributed by atoms with Crippen LogP contribution < -0.4 is 10.6 Å². The highest BCUT2D eigenvalue weighted by molar-refractivity contribution is 5.60. The fourth-order valence-corrected chi connectivity index (χ4v) is 2.55. The molecule has 0 radical (unpaired) electrons. The van der Waals surface area contributed by atoms with E-state index in [1.54, 1.807) is 6.07 Å². The Kier molecular flexibility index (Phi) is 4.01. The second kappa shape index (κ2) is 6.10. The van der Waals surface area contributed by atoms with Crippen molar-refractivity contribution in [1.82, 2.24) is 9.97 Å². The summed E-state index contributed by atoms with van der Waals surface area (Å²) in [4.78, 5) is 11.0. The largest absolute Gasteiger partial charge is 0.384 e. The van der Waals surface area contributed by atoms with Crippen molar-refractivity contribution in [1.29, 1.82) is 0 Å². The molecule has 1 saturated heterocycles. The fraction of sp³-hybridized carbons (Fsp3) is 0.375. The predicted octanol–water partition coefficient (Wildman–Crippen LogP) is 2.34. The van der Waals surface area contributed by atoms with Crippen molar-refractivity contribution in [3.8, 4) is 11.4 Å². The number of hydrogen-bond acceptors (Lipinski definition) is 5. The van der Waals surface area contributed by atoms with Crippen molar-refractivity contribution in [3.05, 3.63) is 36.4 Å². The molecule has 0 aliphatic carbocycles. The Balaban J connectivity index is 1.83. The SMILES string of the molecule is CN(CC1CCCO1)c1cc(N)nc(-c2ccccc2)n1. The highest BCUT2D eigenvalue weighted by atomic mass is 16.5. The molecule has 3 rings (SSSR count). The molecule has 21 heavy (non-hydrogen) atoms. The summed E-state index contributed by atoms with van der Waals surface area (Å²) < 4.78 is 5.67. The summed E-state index contributed by atoms with van der Waals surface area (Å²) in [5.41, 5.74) is 6.90. The maximum absolute atomic E-state index is 5.93. The molecule has 110 valence electrons. The van der Waals surface area contributed by atoms with E-state index in [4.69, 9.17) is 10.5 Å². The molecule has 1 unspecified atom stereocenters. The van der Waals surface area contributed by atoms with Gasteiger partial charge in [-0.25, -0.2) is 9.97 Å². The first-order valence-electron chi connectivity index (χ1n) is 7.25. The van der Waals surface area contributed by atoms with Gasteiger partial charge in [-0.3, -0.25) is 0 Å². The lowest BCUT2D eigenvalue weighted by molar-refractivity contribution is 0.116. The molecule has 2 aromatic rings. The molecule has 1 aromatic heterocycles. The minimum Gasteiger partial charge on any atom is -0.384 e. The molecule has 1 aromatic carbocycles. The average Bonchev–Trinajstić information content (AvgIpc) is 3.00. The van der Waals surface area contributed by atoms with E-state index in [2.05, 4.69) is 14.9 Å². The van der Waals surface area contributed by atoms with Crippen LogP contribution in [-0.2, 0) is 4.74 Å². The lowest BCUT2D eigenvalue weighted by Gasteiger charge is -2.22. The van der Waals surface area contributed by atoms with Gasteiger partial charge in [0.2, 0.25) is 0 Å². The minimum absolute atomic E-state index is 0.284. The number of ether oxygens (including phenoxy) is 1. The van der Waals surface area contributed by atoms with Crippen LogP contribution in [0, 0.1) is 0 Å². The quantitative estimate of drug-likeness (QED) is 0.933. The van der Waals surface area contributed by atoms with Gasteiger partial charge in [0.05, 0.1) is 6.10 Å². The van der Waals surface area contributed by atoms with E-state index < -0.39 is 0 Å². The smallest absolute Gasteiger partial charge is 0.163 e. The molecule has 1 fully saturated rings. The number of nitrogen functional groups attached to an aromatic ring is 1. The van der Waals surface area contributed by atoms with Gasteiger partial charge in [0.25, 0.3) is 0 Å². The normalized spacial score (nSPS) is 17.9. The third kappa shape index (κ3) is 3.31. The summed E-state index contributed by atoms with van der Waals surface area (Å²) in [6, 6.07) is 11.7. The summed E-state index contributed by atoms with van der Waals surface area (Å²) >= 11 is 0. The minimum atomic E-state index is 0.284. The van der Waals surface area contributed by atoms with Crippen LogP contribution in [0.15, 0.2) is 36.4 Å². The molecule has 0 bridgehead atoms. The lowest BCUT2D eigenvalue weighted by atomic mass is 10.2. The molecule has 1 aliphatic rings. The molecule has 1 atom stereocenters. The summed E-state index contributed by atoms with van der Waals surface area (Å²) in [5, 5.41) is 0. The van der Waals surface area contributed by atoms with Gasteiger partial charge in [0.1, 0.15) is 11.6 Å². The monoisotopic (exact) mass is 284 g/mol. The van der Waals surface area contributed by atoms with Crippen molar-refractivity contribution >= 4 is 11.6 Å². The number of nitrogens with zero attached hydrogens (tertiary/aromatic N) is 3.